The fourth-order valence-corrected chi connectivity index (χ4v) is 6.07. The number of fused-ring (bicyclic) bond motifs is 2. The standard InChI is InChI=1S/C27H17Cl2FN2O4S/c1-12-8-15-9-14(3-7-20(15)36-12)24(33)22-23(13-2-5-17(28)18(29)10-13)32(26(35)25(22)34)27-31-19-6-4-16(30)11-21(19)37-27/h2-7,9-12,23,33H,8H2,1H3/t12-,23+/m1/s1. The van der Waals surface area contributed by atoms with Gasteiger partial charge in [0.05, 0.1) is 31.9 Å². The van der Waals surface area contributed by atoms with E-state index in [0.717, 1.165) is 16.9 Å². The maximum Gasteiger partial charge on any atom is 0.301 e. The second-order valence-electron chi connectivity index (χ2n) is 8.91. The second-order valence-corrected chi connectivity index (χ2v) is 10.7. The Kier molecular flexibility index (Phi) is 5.71. The molecule has 1 fully saturated rings. The minimum atomic E-state index is -1.04. The van der Waals surface area contributed by atoms with Crippen molar-refractivity contribution >= 4 is 67.3 Å². The molecule has 4 aromatic rings. The van der Waals surface area contributed by atoms with Crippen LogP contribution in [0.1, 0.15) is 29.7 Å². The average Bonchev–Trinajstić information content (AvgIpc) is 3.52. The van der Waals surface area contributed by atoms with Crippen molar-refractivity contribution < 1.29 is 23.8 Å². The third kappa shape index (κ3) is 3.96. The van der Waals surface area contributed by atoms with Gasteiger partial charge in [-0.2, -0.15) is 0 Å². The average molecular weight is 555 g/mol. The van der Waals surface area contributed by atoms with Crippen LogP contribution in [0, 0.1) is 5.82 Å². The maximum atomic E-state index is 13.8. The van der Waals surface area contributed by atoms with Gasteiger partial charge in [-0.15, -0.1) is 0 Å². The van der Waals surface area contributed by atoms with Gasteiger partial charge >= 0.3 is 5.91 Å². The highest BCUT2D eigenvalue weighted by molar-refractivity contribution is 7.22. The van der Waals surface area contributed by atoms with E-state index < -0.39 is 23.5 Å². The quantitative estimate of drug-likeness (QED) is 0.173. The summed E-state index contributed by atoms with van der Waals surface area (Å²) in [7, 11) is 0. The molecule has 0 spiro atoms. The van der Waals surface area contributed by atoms with Crippen LogP contribution < -0.4 is 9.64 Å². The van der Waals surface area contributed by atoms with Crippen molar-refractivity contribution in [2.45, 2.75) is 25.5 Å². The number of ether oxygens (including phenoxy) is 1. The zero-order valence-corrected chi connectivity index (χ0v) is 21.5. The Morgan fingerprint density at radius 2 is 1.92 bits per heavy atom. The number of anilines is 1. The largest absolute Gasteiger partial charge is 0.507 e. The lowest BCUT2D eigenvalue weighted by molar-refractivity contribution is -0.132. The number of Topliss-reactive ketones (excluding diaryl/α,β-unsaturated/α-hetero) is 1. The summed E-state index contributed by atoms with van der Waals surface area (Å²) in [5.74, 6) is -1.79. The number of aliphatic hydroxyl groups is 1. The van der Waals surface area contributed by atoms with Crippen LogP contribution in [0.15, 0.2) is 60.2 Å². The number of rotatable bonds is 3. The summed E-state index contributed by atoms with van der Waals surface area (Å²) in [6.45, 7) is 1.94. The van der Waals surface area contributed by atoms with Gasteiger partial charge in [-0.25, -0.2) is 9.37 Å². The number of carbonyl (C=O) groups is 2. The lowest BCUT2D eigenvalue weighted by Crippen LogP contribution is -2.29. The molecular weight excluding hydrogens is 538 g/mol. The summed E-state index contributed by atoms with van der Waals surface area (Å²) in [6, 6.07) is 12.9. The highest BCUT2D eigenvalue weighted by atomic mass is 35.5. The summed E-state index contributed by atoms with van der Waals surface area (Å²) in [5, 5.41) is 12.1. The van der Waals surface area contributed by atoms with Crippen molar-refractivity contribution in [3.63, 3.8) is 0 Å². The van der Waals surface area contributed by atoms with E-state index in [-0.39, 0.29) is 27.6 Å². The van der Waals surface area contributed by atoms with E-state index in [4.69, 9.17) is 27.9 Å². The summed E-state index contributed by atoms with van der Waals surface area (Å²) >= 11 is 13.5. The topological polar surface area (TPSA) is 79.7 Å². The van der Waals surface area contributed by atoms with Crippen LogP contribution in [0.2, 0.25) is 10.0 Å². The Hall–Kier alpha value is -3.46. The summed E-state index contributed by atoms with van der Waals surface area (Å²) < 4.78 is 20.1. The number of thiazole rings is 1. The molecule has 1 amide bonds. The molecule has 3 aromatic carbocycles. The van der Waals surface area contributed by atoms with Crippen LogP contribution >= 0.6 is 34.5 Å². The predicted molar refractivity (Wildman–Crippen MR) is 141 cm³/mol. The zero-order chi connectivity index (χ0) is 26.0. The van der Waals surface area contributed by atoms with Gasteiger partial charge in [-0.3, -0.25) is 14.5 Å². The number of aromatic nitrogens is 1. The van der Waals surface area contributed by atoms with Gasteiger partial charge in [0.25, 0.3) is 5.78 Å². The van der Waals surface area contributed by atoms with Gasteiger partial charge in [-0.05, 0) is 66.6 Å². The molecule has 10 heteroatoms. The van der Waals surface area contributed by atoms with Gasteiger partial charge in [0.15, 0.2) is 5.13 Å². The van der Waals surface area contributed by atoms with E-state index in [0.29, 0.717) is 38.5 Å². The maximum absolute atomic E-state index is 13.8. The van der Waals surface area contributed by atoms with E-state index in [2.05, 4.69) is 4.98 Å². The Balaban J connectivity index is 1.55. The molecule has 0 aliphatic carbocycles. The fraction of sp³-hybridized carbons (Fsp3) is 0.148. The van der Waals surface area contributed by atoms with Crippen LogP contribution in [0.25, 0.3) is 16.0 Å². The number of amides is 1. The van der Waals surface area contributed by atoms with Crippen molar-refractivity contribution in [1.29, 1.82) is 0 Å². The van der Waals surface area contributed by atoms with E-state index in [1.54, 1.807) is 36.4 Å². The molecule has 0 saturated carbocycles. The third-order valence-electron chi connectivity index (χ3n) is 6.42. The normalized spacial score (nSPS) is 20.5. The first kappa shape index (κ1) is 23.9. The smallest absolute Gasteiger partial charge is 0.301 e. The number of hydrogen-bond donors (Lipinski definition) is 1. The highest BCUT2D eigenvalue weighted by Crippen LogP contribution is 2.45. The number of carbonyl (C=O) groups excluding carboxylic acids is 2. The van der Waals surface area contributed by atoms with Crippen molar-refractivity contribution in [2.75, 3.05) is 4.90 Å². The number of benzene rings is 3. The molecule has 1 aromatic heterocycles. The molecule has 2 aliphatic rings. The monoisotopic (exact) mass is 554 g/mol. The van der Waals surface area contributed by atoms with Crippen LogP contribution in [-0.2, 0) is 16.0 Å². The molecule has 0 bridgehead atoms. The number of aliphatic hydroxyl groups excluding tert-OH is 1. The molecule has 1 N–H and O–H groups in total. The molecule has 2 atom stereocenters. The Bertz CT molecular complexity index is 1670. The van der Waals surface area contributed by atoms with Gasteiger partial charge in [-0.1, -0.05) is 40.6 Å². The fourth-order valence-electron chi connectivity index (χ4n) is 4.74. The second kappa shape index (κ2) is 8.83. The zero-order valence-electron chi connectivity index (χ0n) is 19.2. The molecule has 37 heavy (non-hydrogen) atoms. The van der Waals surface area contributed by atoms with E-state index >= 15 is 0 Å². The highest BCUT2D eigenvalue weighted by Gasteiger charge is 2.48. The van der Waals surface area contributed by atoms with Gasteiger partial charge in [0, 0.05) is 12.0 Å². The molecule has 186 valence electrons. The van der Waals surface area contributed by atoms with Crippen LogP contribution in [-0.4, -0.2) is 27.9 Å². The number of nitrogens with zero attached hydrogens (tertiary/aromatic N) is 2. The Labute approximate surface area is 224 Å². The van der Waals surface area contributed by atoms with Crippen LogP contribution in [0.5, 0.6) is 5.75 Å². The molecule has 6 rings (SSSR count). The first-order valence-electron chi connectivity index (χ1n) is 11.3. The Morgan fingerprint density at radius 1 is 1.11 bits per heavy atom. The molecule has 0 unspecified atom stereocenters. The van der Waals surface area contributed by atoms with Crippen LogP contribution in [0.4, 0.5) is 9.52 Å². The first-order chi connectivity index (χ1) is 17.7. The van der Waals surface area contributed by atoms with E-state index in [9.17, 15) is 19.1 Å². The molecule has 2 aliphatic heterocycles. The van der Waals surface area contributed by atoms with Crippen molar-refractivity contribution in [2.24, 2.45) is 0 Å². The van der Waals surface area contributed by atoms with Crippen LogP contribution in [0.3, 0.4) is 0 Å². The van der Waals surface area contributed by atoms with Crippen molar-refractivity contribution in [3.8, 4) is 5.75 Å². The van der Waals surface area contributed by atoms with Gasteiger partial charge in [0.1, 0.15) is 23.4 Å². The summed E-state index contributed by atoms with van der Waals surface area (Å²) in [5.41, 5.74) is 2.10. The van der Waals surface area contributed by atoms with Gasteiger partial charge in [0.2, 0.25) is 0 Å². The molecule has 0 radical (unpaired) electrons. The number of hydrogen-bond acceptors (Lipinski definition) is 6. The molecule has 3 heterocycles. The molecule has 6 nitrogen and oxygen atoms in total. The molecular formula is C27H17Cl2FN2O4S. The summed E-state index contributed by atoms with van der Waals surface area (Å²) in [4.78, 5) is 32.5. The van der Waals surface area contributed by atoms with E-state index in [1.165, 1.54) is 23.1 Å². The lowest BCUT2D eigenvalue weighted by Gasteiger charge is -2.23. The van der Waals surface area contributed by atoms with Crippen molar-refractivity contribution in [3.05, 3.63) is 92.7 Å². The van der Waals surface area contributed by atoms with Crippen molar-refractivity contribution in [1.82, 2.24) is 4.98 Å². The molecule has 1 saturated heterocycles. The number of ketones is 1. The predicted octanol–water partition coefficient (Wildman–Crippen LogP) is 6.69. The Morgan fingerprint density at radius 3 is 2.70 bits per heavy atom. The minimum Gasteiger partial charge on any atom is -0.507 e. The lowest BCUT2D eigenvalue weighted by atomic mass is 9.94. The van der Waals surface area contributed by atoms with E-state index in [1.807, 2.05) is 6.92 Å². The van der Waals surface area contributed by atoms with Gasteiger partial charge < -0.3 is 9.84 Å². The number of halogens is 3. The third-order valence-corrected chi connectivity index (χ3v) is 8.18. The summed E-state index contributed by atoms with van der Waals surface area (Å²) in [6.07, 6.45) is 0.654. The SMILES string of the molecule is C[C@@H]1Cc2cc(C(O)=C3C(=O)C(=O)N(c4nc5ccc(F)cc5s4)[C@H]3c3ccc(Cl)c(Cl)c3)ccc2O1. The first-order valence-corrected chi connectivity index (χ1v) is 12.9. The minimum absolute atomic E-state index is 0.00180.